The van der Waals surface area contributed by atoms with E-state index < -0.39 is 5.97 Å². The van der Waals surface area contributed by atoms with Crippen molar-refractivity contribution in [2.24, 2.45) is 0 Å². The Kier molecular flexibility index (Phi) is 5.04. The number of nitrogens with zero attached hydrogens (tertiary/aromatic N) is 1. The number of hydrogen-bond acceptors (Lipinski definition) is 6. The molecule has 0 aliphatic heterocycles. The van der Waals surface area contributed by atoms with Crippen molar-refractivity contribution in [1.29, 1.82) is 0 Å². The van der Waals surface area contributed by atoms with Gasteiger partial charge in [0.2, 0.25) is 5.91 Å². The number of aromatic nitrogens is 1. The second-order valence-corrected chi connectivity index (χ2v) is 6.46. The number of carboxylic acids is 1. The van der Waals surface area contributed by atoms with E-state index in [1.165, 1.54) is 23.5 Å². The fraction of sp³-hybridized carbons (Fsp3) is 0.167. The van der Waals surface area contributed by atoms with Crippen LogP contribution in [0.25, 0.3) is 10.2 Å². The maximum Gasteiger partial charge on any atom is 0.335 e. The predicted molar refractivity (Wildman–Crippen MR) is 98.5 cm³/mol. The summed E-state index contributed by atoms with van der Waals surface area (Å²) in [6, 6.07) is 9.84. The van der Waals surface area contributed by atoms with Gasteiger partial charge in [0.25, 0.3) is 0 Å². The van der Waals surface area contributed by atoms with Gasteiger partial charge in [-0.05, 0) is 17.7 Å². The van der Waals surface area contributed by atoms with E-state index in [1.54, 1.807) is 38.5 Å². The molecule has 2 aromatic carbocycles. The van der Waals surface area contributed by atoms with Crippen molar-refractivity contribution in [2.45, 2.75) is 6.42 Å². The molecule has 2 N–H and O–H groups in total. The normalized spacial score (nSPS) is 10.5. The number of thiazole rings is 1. The number of fused-ring (bicyclic) bond motifs is 1. The minimum absolute atomic E-state index is 0.0592. The number of benzene rings is 2. The first kappa shape index (κ1) is 17.7. The van der Waals surface area contributed by atoms with Gasteiger partial charge < -0.3 is 19.9 Å². The fourth-order valence-corrected chi connectivity index (χ4v) is 3.36. The number of hydrogen-bond donors (Lipinski definition) is 2. The van der Waals surface area contributed by atoms with Crippen molar-refractivity contribution in [1.82, 2.24) is 4.98 Å². The molecule has 0 saturated heterocycles. The monoisotopic (exact) mass is 372 g/mol. The lowest BCUT2D eigenvalue weighted by atomic mass is 10.1. The number of carbonyl (C=O) groups excluding carboxylic acids is 1. The van der Waals surface area contributed by atoms with Crippen LogP contribution in [0.3, 0.4) is 0 Å². The Morgan fingerprint density at radius 1 is 1.15 bits per heavy atom. The van der Waals surface area contributed by atoms with Crippen LogP contribution in [0.1, 0.15) is 15.9 Å². The summed E-state index contributed by atoms with van der Waals surface area (Å²) in [4.78, 5) is 27.6. The molecule has 1 amide bonds. The molecule has 0 aliphatic carbocycles. The molecule has 0 fully saturated rings. The third kappa shape index (κ3) is 3.75. The molecule has 26 heavy (non-hydrogen) atoms. The van der Waals surface area contributed by atoms with E-state index in [4.69, 9.17) is 14.6 Å². The molecule has 0 bridgehead atoms. The largest absolute Gasteiger partial charge is 0.493 e. The lowest BCUT2D eigenvalue weighted by Gasteiger charge is -2.05. The Labute approximate surface area is 153 Å². The number of rotatable bonds is 6. The lowest BCUT2D eigenvalue weighted by molar-refractivity contribution is -0.115. The lowest BCUT2D eigenvalue weighted by Crippen LogP contribution is -2.14. The Hall–Kier alpha value is -3.13. The van der Waals surface area contributed by atoms with Crippen molar-refractivity contribution >= 4 is 38.6 Å². The number of aromatic carboxylic acids is 1. The highest BCUT2D eigenvalue weighted by Crippen LogP contribution is 2.36. The number of amides is 1. The van der Waals surface area contributed by atoms with Gasteiger partial charge in [0.05, 0.1) is 36.4 Å². The van der Waals surface area contributed by atoms with Crippen molar-refractivity contribution in [2.75, 3.05) is 19.5 Å². The Bertz CT molecular complexity index is 942. The first-order valence-corrected chi connectivity index (χ1v) is 8.46. The molecule has 0 atom stereocenters. The van der Waals surface area contributed by atoms with Crippen molar-refractivity contribution in [3.63, 3.8) is 0 Å². The topological polar surface area (TPSA) is 97.8 Å². The standard InChI is InChI=1S/C18H16N2O5S/c1-24-13-8-12-15(9-14(13)25-2)26-18(19-12)20-16(21)7-10-4-3-5-11(6-10)17(22)23/h3-6,8-9H,7H2,1-2H3,(H,22,23)(H,19,20,21). The molecule has 1 heterocycles. The van der Waals surface area contributed by atoms with Gasteiger partial charge in [0, 0.05) is 12.1 Å². The number of nitrogens with one attached hydrogen (secondary N) is 1. The molecule has 3 rings (SSSR count). The quantitative estimate of drug-likeness (QED) is 0.690. The summed E-state index contributed by atoms with van der Waals surface area (Å²) < 4.78 is 11.4. The van der Waals surface area contributed by atoms with Crippen LogP contribution in [0.5, 0.6) is 11.5 Å². The zero-order valence-corrected chi connectivity index (χ0v) is 14.9. The van der Waals surface area contributed by atoms with E-state index in [1.807, 2.05) is 0 Å². The molecule has 8 heteroatoms. The molecule has 0 unspecified atom stereocenters. The fourth-order valence-electron chi connectivity index (χ4n) is 2.47. The van der Waals surface area contributed by atoms with Gasteiger partial charge in [-0.25, -0.2) is 9.78 Å². The first-order chi connectivity index (χ1) is 12.5. The molecule has 3 aromatic rings. The highest BCUT2D eigenvalue weighted by Gasteiger charge is 2.13. The summed E-state index contributed by atoms with van der Waals surface area (Å²) in [6.07, 6.45) is 0.0592. The molecule has 134 valence electrons. The molecule has 0 aliphatic rings. The Morgan fingerprint density at radius 3 is 2.58 bits per heavy atom. The van der Waals surface area contributed by atoms with Gasteiger partial charge in [-0.15, -0.1) is 0 Å². The third-order valence-electron chi connectivity index (χ3n) is 3.68. The number of carboxylic acid groups (broad SMARTS) is 1. The molecule has 1 aromatic heterocycles. The van der Waals surface area contributed by atoms with Crippen molar-refractivity contribution in [3.05, 3.63) is 47.5 Å². The molecule has 0 saturated carbocycles. The number of ether oxygens (including phenoxy) is 2. The van der Waals surface area contributed by atoms with E-state index in [-0.39, 0.29) is 17.9 Å². The van der Waals surface area contributed by atoms with Crippen LogP contribution >= 0.6 is 11.3 Å². The van der Waals surface area contributed by atoms with Crippen molar-refractivity contribution < 1.29 is 24.2 Å². The average Bonchev–Trinajstić information content (AvgIpc) is 3.01. The number of anilines is 1. The summed E-state index contributed by atoms with van der Waals surface area (Å²) in [5, 5.41) is 12.2. The SMILES string of the molecule is COc1cc2nc(NC(=O)Cc3cccc(C(=O)O)c3)sc2cc1OC. The second-order valence-electron chi connectivity index (χ2n) is 5.42. The minimum atomic E-state index is -1.03. The summed E-state index contributed by atoms with van der Waals surface area (Å²) in [6.45, 7) is 0. The van der Waals surface area contributed by atoms with Gasteiger partial charge in [-0.2, -0.15) is 0 Å². The minimum Gasteiger partial charge on any atom is -0.493 e. The van der Waals surface area contributed by atoms with Crippen LogP contribution in [0.4, 0.5) is 5.13 Å². The van der Waals surface area contributed by atoms with E-state index in [0.717, 1.165) is 4.70 Å². The van der Waals surface area contributed by atoms with Gasteiger partial charge >= 0.3 is 5.97 Å². The summed E-state index contributed by atoms with van der Waals surface area (Å²) in [5.74, 6) is -0.146. The Balaban J connectivity index is 1.77. The number of carbonyl (C=O) groups is 2. The predicted octanol–water partition coefficient (Wildman–Crippen LogP) is 3.19. The summed E-state index contributed by atoms with van der Waals surface area (Å²) in [5.41, 5.74) is 1.46. The summed E-state index contributed by atoms with van der Waals surface area (Å²) in [7, 11) is 3.10. The van der Waals surface area contributed by atoms with Gasteiger partial charge in [0.1, 0.15) is 0 Å². The van der Waals surface area contributed by atoms with Crippen LogP contribution in [0.2, 0.25) is 0 Å². The van der Waals surface area contributed by atoms with Crippen LogP contribution in [-0.4, -0.2) is 36.2 Å². The van der Waals surface area contributed by atoms with Gasteiger partial charge in [-0.1, -0.05) is 23.5 Å². The van der Waals surface area contributed by atoms with Crippen LogP contribution in [0.15, 0.2) is 36.4 Å². The van der Waals surface area contributed by atoms with E-state index in [9.17, 15) is 9.59 Å². The smallest absolute Gasteiger partial charge is 0.335 e. The van der Waals surface area contributed by atoms with E-state index >= 15 is 0 Å². The maximum absolute atomic E-state index is 12.2. The number of methoxy groups -OCH3 is 2. The third-order valence-corrected chi connectivity index (χ3v) is 4.61. The van der Waals surface area contributed by atoms with Gasteiger partial charge in [-0.3, -0.25) is 4.79 Å². The second kappa shape index (κ2) is 7.40. The Morgan fingerprint density at radius 2 is 1.88 bits per heavy atom. The zero-order chi connectivity index (χ0) is 18.7. The van der Waals surface area contributed by atoms with Gasteiger partial charge in [0.15, 0.2) is 16.6 Å². The highest BCUT2D eigenvalue weighted by atomic mass is 32.1. The highest BCUT2D eigenvalue weighted by molar-refractivity contribution is 7.22. The molecular formula is C18H16N2O5S. The van der Waals surface area contributed by atoms with Crippen LogP contribution in [0, 0.1) is 0 Å². The zero-order valence-electron chi connectivity index (χ0n) is 14.1. The molecule has 7 nitrogen and oxygen atoms in total. The van der Waals surface area contributed by atoms with E-state index in [2.05, 4.69) is 10.3 Å². The summed E-state index contributed by atoms with van der Waals surface area (Å²) >= 11 is 1.32. The van der Waals surface area contributed by atoms with Crippen molar-refractivity contribution in [3.8, 4) is 11.5 Å². The molecule has 0 spiro atoms. The molecule has 0 radical (unpaired) electrons. The van der Waals surface area contributed by atoms with Crippen LogP contribution < -0.4 is 14.8 Å². The van der Waals surface area contributed by atoms with E-state index in [0.29, 0.717) is 27.7 Å². The maximum atomic E-state index is 12.2. The first-order valence-electron chi connectivity index (χ1n) is 7.65. The van der Waals surface area contributed by atoms with Crippen LogP contribution in [-0.2, 0) is 11.2 Å². The molecular weight excluding hydrogens is 356 g/mol. The average molecular weight is 372 g/mol.